The Labute approximate surface area is 184 Å². The van der Waals surface area contributed by atoms with Gasteiger partial charge in [0.1, 0.15) is 36.9 Å². The van der Waals surface area contributed by atoms with Gasteiger partial charge >= 0.3 is 0 Å². The maximum Gasteiger partial charge on any atom is 0.126 e. The minimum absolute atomic E-state index is 0.211. The Morgan fingerprint density at radius 1 is 0.742 bits per heavy atom. The van der Waals surface area contributed by atoms with Gasteiger partial charge in [0.25, 0.3) is 0 Å². The molecule has 2 heterocycles. The number of hydrogen-bond acceptors (Lipinski definition) is 4. The molecule has 2 aromatic carbocycles. The molecule has 4 heteroatoms. The molecule has 0 aliphatic carbocycles. The normalized spacial score (nSPS) is 18.8. The van der Waals surface area contributed by atoms with Gasteiger partial charge in [-0.3, -0.25) is 0 Å². The summed E-state index contributed by atoms with van der Waals surface area (Å²) in [4.78, 5) is 0. The Bertz CT molecular complexity index is 923. The fourth-order valence-corrected chi connectivity index (χ4v) is 3.62. The lowest BCUT2D eigenvalue weighted by Gasteiger charge is -2.18. The lowest BCUT2D eigenvalue weighted by atomic mass is 9.94. The zero-order valence-electron chi connectivity index (χ0n) is 18.0. The van der Waals surface area contributed by atoms with E-state index in [0.717, 1.165) is 71.8 Å². The molecule has 2 aliphatic rings. The fraction of sp³-hybridized carbons (Fsp3) is 0.333. The first-order valence-electron chi connectivity index (χ1n) is 10.8. The summed E-state index contributed by atoms with van der Waals surface area (Å²) in [5, 5.41) is 0. The maximum atomic E-state index is 6.16. The number of ether oxygens (including phenoxy) is 4. The second-order valence-electron chi connectivity index (χ2n) is 7.96. The van der Waals surface area contributed by atoms with Crippen molar-refractivity contribution in [2.45, 2.75) is 31.5 Å². The van der Waals surface area contributed by atoms with Crippen molar-refractivity contribution >= 4 is 0 Å². The first-order chi connectivity index (χ1) is 15.2. The van der Waals surface area contributed by atoms with E-state index in [2.05, 4.69) is 44.0 Å². The molecule has 162 valence electrons. The van der Waals surface area contributed by atoms with E-state index < -0.39 is 0 Å². The number of benzene rings is 2. The van der Waals surface area contributed by atoms with Crippen LogP contribution in [-0.2, 0) is 28.7 Å². The van der Waals surface area contributed by atoms with Gasteiger partial charge in [-0.25, -0.2) is 0 Å². The predicted molar refractivity (Wildman–Crippen MR) is 124 cm³/mol. The largest absolute Gasteiger partial charge is 0.490 e. The molecule has 0 amide bonds. The fourth-order valence-electron chi connectivity index (χ4n) is 3.62. The van der Waals surface area contributed by atoms with E-state index in [-0.39, 0.29) is 12.2 Å². The monoisotopic (exact) mass is 418 g/mol. The predicted octanol–water partition coefficient (Wildman–Crippen LogP) is 5.09. The van der Waals surface area contributed by atoms with Crippen molar-refractivity contribution in [1.29, 1.82) is 0 Å². The van der Waals surface area contributed by atoms with Crippen molar-refractivity contribution in [3.05, 3.63) is 85.0 Å². The lowest BCUT2D eigenvalue weighted by Crippen LogP contribution is -2.08. The van der Waals surface area contributed by atoms with Crippen LogP contribution in [0, 0.1) is 0 Å². The van der Waals surface area contributed by atoms with Crippen LogP contribution in [0.3, 0.4) is 0 Å². The summed E-state index contributed by atoms with van der Waals surface area (Å²) in [6.45, 7) is 14.5. The van der Waals surface area contributed by atoms with Crippen LogP contribution in [0.2, 0.25) is 0 Å². The molecule has 2 aromatic rings. The first kappa shape index (κ1) is 21.4. The third-order valence-electron chi connectivity index (χ3n) is 5.37. The Morgan fingerprint density at radius 2 is 1.26 bits per heavy atom. The van der Waals surface area contributed by atoms with E-state index in [1.807, 2.05) is 24.3 Å². The van der Waals surface area contributed by atoms with Crippen molar-refractivity contribution in [3.8, 4) is 22.6 Å². The Morgan fingerprint density at radius 3 is 1.81 bits per heavy atom. The molecule has 4 rings (SSSR count). The molecular formula is C27H30O4. The lowest BCUT2D eigenvalue weighted by molar-refractivity contribution is 0.260. The molecule has 2 unspecified atom stereocenters. The quantitative estimate of drug-likeness (QED) is 0.336. The van der Waals surface area contributed by atoms with Gasteiger partial charge in [-0.05, 0) is 71.3 Å². The average Bonchev–Trinajstić information content (AvgIpc) is 3.68. The standard InChI is InChI=1S/C27H30O4/c1-4-7-20-12-19(10-11-26(20)30-17-24-15-28-24)23-13-21(8-5-2)27(22(14-23)9-6-3)31-18-25-16-29-25/h4-6,10-14,24-25H,1-3,7-9,15-18H2. The van der Waals surface area contributed by atoms with E-state index in [1.165, 1.54) is 0 Å². The molecule has 4 nitrogen and oxygen atoms in total. The van der Waals surface area contributed by atoms with Gasteiger partial charge in [-0.15, -0.1) is 19.7 Å². The number of allylic oxidation sites excluding steroid dienone is 3. The van der Waals surface area contributed by atoms with Crippen molar-refractivity contribution in [3.63, 3.8) is 0 Å². The Kier molecular flexibility index (Phi) is 6.90. The minimum Gasteiger partial charge on any atom is -0.490 e. The second-order valence-corrected chi connectivity index (χ2v) is 7.96. The topological polar surface area (TPSA) is 43.5 Å². The van der Waals surface area contributed by atoms with Crippen LogP contribution in [0.1, 0.15) is 16.7 Å². The van der Waals surface area contributed by atoms with E-state index in [0.29, 0.717) is 13.2 Å². The molecule has 2 atom stereocenters. The maximum absolute atomic E-state index is 6.16. The molecule has 2 saturated heterocycles. The van der Waals surface area contributed by atoms with Gasteiger partial charge in [0, 0.05) is 0 Å². The van der Waals surface area contributed by atoms with E-state index in [1.54, 1.807) is 0 Å². The van der Waals surface area contributed by atoms with Gasteiger partial charge in [0.05, 0.1) is 13.2 Å². The van der Waals surface area contributed by atoms with Gasteiger partial charge in [-0.2, -0.15) is 0 Å². The van der Waals surface area contributed by atoms with Crippen molar-refractivity contribution in [2.24, 2.45) is 0 Å². The Balaban J connectivity index is 1.67. The highest BCUT2D eigenvalue weighted by molar-refractivity contribution is 5.70. The van der Waals surface area contributed by atoms with E-state index in [4.69, 9.17) is 18.9 Å². The minimum atomic E-state index is 0.211. The van der Waals surface area contributed by atoms with E-state index >= 15 is 0 Å². The van der Waals surface area contributed by atoms with Crippen LogP contribution in [-0.4, -0.2) is 38.6 Å². The summed E-state index contributed by atoms with van der Waals surface area (Å²) >= 11 is 0. The second kappa shape index (κ2) is 9.99. The molecule has 0 radical (unpaired) electrons. The molecular weight excluding hydrogens is 388 g/mol. The molecule has 31 heavy (non-hydrogen) atoms. The van der Waals surface area contributed by atoms with Crippen LogP contribution in [0.5, 0.6) is 11.5 Å². The average molecular weight is 419 g/mol. The molecule has 2 fully saturated rings. The summed E-state index contributed by atoms with van der Waals surface area (Å²) < 4.78 is 22.7. The summed E-state index contributed by atoms with van der Waals surface area (Å²) in [6, 6.07) is 10.7. The van der Waals surface area contributed by atoms with Crippen molar-refractivity contribution in [2.75, 3.05) is 26.4 Å². The highest BCUT2D eigenvalue weighted by Crippen LogP contribution is 2.35. The molecule has 2 aliphatic heterocycles. The zero-order chi connectivity index (χ0) is 21.6. The van der Waals surface area contributed by atoms with Crippen LogP contribution in [0.25, 0.3) is 11.1 Å². The summed E-state index contributed by atoms with van der Waals surface area (Å²) in [5.74, 6) is 1.82. The molecule has 0 saturated carbocycles. The third kappa shape index (κ3) is 5.66. The highest BCUT2D eigenvalue weighted by atomic mass is 16.6. The molecule has 0 N–H and O–H groups in total. The van der Waals surface area contributed by atoms with Crippen LogP contribution in [0.15, 0.2) is 68.3 Å². The number of epoxide rings is 2. The zero-order valence-corrected chi connectivity index (χ0v) is 18.0. The van der Waals surface area contributed by atoms with E-state index in [9.17, 15) is 0 Å². The van der Waals surface area contributed by atoms with Crippen LogP contribution in [0.4, 0.5) is 0 Å². The first-order valence-corrected chi connectivity index (χ1v) is 10.8. The Hall–Kier alpha value is -2.82. The summed E-state index contributed by atoms with van der Waals surface area (Å²) in [6.07, 6.45) is 8.39. The van der Waals surface area contributed by atoms with Gasteiger partial charge in [0.2, 0.25) is 0 Å². The van der Waals surface area contributed by atoms with Crippen LogP contribution < -0.4 is 9.47 Å². The molecule has 0 bridgehead atoms. The summed E-state index contributed by atoms with van der Waals surface area (Å²) in [7, 11) is 0. The highest BCUT2D eigenvalue weighted by Gasteiger charge is 2.25. The SMILES string of the molecule is C=CCc1cc(-c2cc(CC=C)c(OCC3CO3)c(CC=C)c2)ccc1OCC1CO1. The smallest absolute Gasteiger partial charge is 0.126 e. The third-order valence-corrected chi connectivity index (χ3v) is 5.37. The van der Waals surface area contributed by atoms with Crippen LogP contribution >= 0.6 is 0 Å². The van der Waals surface area contributed by atoms with Gasteiger partial charge < -0.3 is 18.9 Å². The summed E-state index contributed by atoms with van der Waals surface area (Å²) in [5.41, 5.74) is 5.66. The molecule has 0 aromatic heterocycles. The molecule has 0 spiro atoms. The van der Waals surface area contributed by atoms with Crippen molar-refractivity contribution < 1.29 is 18.9 Å². The number of hydrogen-bond donors (Lipinski definition) is 0. The van der Waals surface area contributed by atoms with Crippen molar-refractivity contribution in [1.82, 2.24) is 0 Å². The van der Waals surface area contributed by atoms with Gasteiger partial charge in [0.15, 0.2) is 0 Å². The number of rotatable bonds is 13. The van der Waals surface area contributed by atoms with Gasteiger partial charge in [-0.1, -0.05) is 24.3 Å².